The van der Waals surface area contributed by atoms with Crippen LogP contribution in [0.2, 0.25) is 0 Å². The number of sulfonamides is 1. The van der Waals surface area contributed by atoms with Crippen molar-refractivity contribution in [3.8, 4) is 0 Å². The molecular weight excluding hydrogens is 240 g/mol. The van der Waals surface area contributed by atoms with Gasteiger partial charge in [-0.25, -0.2) is 13.1 Å². The van der Waals surface area contributed by atoms with Crippen LogP contribution in [0.5, 0.6) is 0 Å². The van der Waals surface area contributed by atoms with Crippen LogP contribution in [0.15, 0.2) is 28.2 Å². The summed E-state index contributed by atoms with van der Waals surface area (Å²) in [6, 6.07) is 1.08. The van der Waals surface area contributed by atoms with Crippen LogP contribution in [0, 0.1) is 0 Å². The number of nitrogens with one attached hydrogen (secondary N) is 2. The zero-order valence-corrected chi connectivity index (χ0v) is 10.9. The van der Waals surface area contributed by atoms with E-state index in [1.54, 1.807) is 0 Å². The van der Waals surface area contributed by atoms with Crippen molar-refractivity contribution in [1.82, 2.24) is 9.71 Å². The molecule has 0 radical (unpaired) electrons. The number of aromatic amines is 1. The maximum Gasteiger partial charge on any atom is 0.246 e. The van der Waals surface area contributed by atoms with E-state index in [0.717, 1.165) is 12.8 Å². The molecule has 0 saturated carbocycles. The van der Waals surface area contributed by atoms with E-state index >= 15 is 0 Å². The lowest BCUT2D eigenvalue weighted by atomic mass is 10.1. The molecule has 0 aliphatic carbocycles. The molecule has 1 heterocycles. The van der Waals surface area contributed by atoms with Gasteiger partial charge in [-0.05, 0) is 12.8 Å². The average molecular weight is 258 g/mol. The van der Waals surface area contributed by atoms with Gasteiger partial charge in [-0.3, -0.25) is 4.79 Å². The van der Waals surface area contributed by atoms with Gasteiger partial charge in [-0.2, -0.15) is 0 Å². The third-order valence-electron chi connectivity index (χ3n) is 2.53. The number of hydrogen-bond acceptors (Lipinski definition) is 3. The van der Waals surface area contributed by atoms with E-state index < -0.39 is 15.5 Å². The fourth-order valence-corrected chi connectivity index (χ4v) is 3.00. The minimum Gasteiger partial charge on any atom is -0.366 e. The second-order valence-electron chi connectivity index (χ2n) is 3.89. The second-order valence-corrected chi connectivity index (χ2v) is 5.57. The third kappa shape index (κ3) is 3.67. The molecule has 0 aliphatic heterocycles. The topological polar surface area (TPSA) is 79.0 Å². The number of hydrogen-bond donors (Lipinski definition) is 2. The maximum absolute atomic E-state index is 12.0. The van der Waals surface area contributed by atoms with E-state index in [4.69, 9.17) is 0 Å². The first kappa shape index (κ1) is 13.9. The van der Waals surface area contributed by atoms with E-state index in [9.17, 15) is 13.2 Å². The highest BCUT2D eigenvalue weighted by atomic mass is 32.2. The number of H-pyrrole nitrogens is 1. The number of aromatic nitrogens is 1. The monoisotopic (exact) mass is 258 g/mol. The van der Waals surface area contributed by atoms with Crippen LogP contribution in [0.4, 0.5) is 0 Å². The van der Waals surface area contributed by atoms with Gasteiger partial charge in [-0.15, -0.1) is 0 Å². The fraction of sp³-hybridized carbons (Fsp3) is 0.545. The van der Waals surface area contributed by atoms with E-state index in [2.05, 4.69) is 9.71 Å². The van der Waals surface area contributed by atoms with Crippen molar-refractivity contribution < 1.29 is 8.42 Å². The fourth-order valence-electron chi connectivity index (χ4n) is 1.59. The maximum atomic E-state index is 12.0. The molecule has 1 aromatic heterocycles. The molecule has 17 heavy (non-hydrogen) atoms. The van der Waals surface area contributed by atoms with Crippen LogP contribution >= 0.6 is 0 Å². The van der Waals surface area contributed by atoms with Crippen molar-refractivity contribution in [3.63, 3.8) is 0 Å². The average Bonchev–Trinajstić information content (AvgIpc) is 2.28. The van der Waals surface area contributed by atoms with Gasteiger partial charge in [0.05, 0.1) is 0 Å². The Morgan fingerprint density at radius 1 is 1.41 bits per heavy atom. The lowest BCUT2D eigenvalue weighted by Crippen LogP contribution is -2.36. The molecule has 0 amide bonds. The zero-order chi connectivity index (χ0) is 12.9. The molecule has 1 aromatic rings. The van der Waals surface area contributed by atoms with Crippen LogP contribution in [-0.2, 0) is 10.0 Å². The van der Waals surface area contributed by atoms with Gasteiger partial charge < -0.3 is 4.98 Å². The van der Waals surface area contributed by atoms with Crippen LogP contribution in [0.1, 0.15) is 33.1 Å². The first-order chi connectivity index (χ1) is 8.01. The summed E-state index contributed by atoms with van der Waals surface area (Å²) in [7, 11) is -3.72. The quantitative estimate of drug-likeness (QED) is 0.805. The Morgan fingerprint density at radius 2 is 2.12 bits per heavy atom. The minimum absolute atomic E-state index is 0.121. The predicted octanol–water partition coefficient (Wildman–Crippen LogP) is 1.23. The van der Waals surface area contributed by atoms with Gasteiger partial charge in [0, 0.05) is 24.5 Å². The standard InChI is InChI=1S/C11H18N2O3S/c1-3-5-9(4-2)13-17(15,16)11-8-12-7-6-10(11)14/h6-9,13H,3-5H2,1-2H3,(H,12,14). The Labute approximate surface area is 101 Å². The predicted molar refractivity (Wildman–Crippen MR) is 66.4 cm³/mol. The van der Waals surface area contributed by atoms with E-state index in [1.165, 1.54) is 18.5 Å². The van der Waals surface area contributed by atoms with Gasteiger partial charge in [0.2, 0.25) is 15.5 Å². The van der Waals surface area contributed by atoms with Gasteiger partial charge >= 0.3 is 0 Å². The number of pyridine rings is 1. The van der Waals surface area contributed by atoms with Crippen molar-refractivity contribution in [2.75, 3.05) is 0 Å². The minimum atomic E-state index is -3.72. The molecule has 2 N–H and O–H groups in total. The first-order valence-electron chi connectivity index (χ1n) is 5.70. The highest BCUT2D eigenvalue weighted by Crippen LogP contribution is 2.07. The normalized spacial score (nSPS) is 13.5. The molecule has 5 nitrogen and oxygen atoms in total. The van der Waals surface area contributed by atoms with Crippen molar-refractivity contribution in [2.24, 2.45) is 0 Å². The third-order valence-corrected chi connectivity index (χ3v) is 4.07. The summed E-state index contributed by atoms with van der Waals surface area (Å²) >= 11 is 0. The summed E-state index contributed by atoms with van der Waals surface area (Å²) in [4.78, 5) is 13.8. The lowest BCUT2D eigenvalue weighted by molar-refractivity contribution is 0.512. The zero-order valence-electron chi connectivity index (χ0n) is 10.1. The van der Waals surface area contributed by atoms with E-state index in [1.807, 2.05) is 13.8 Å². The summed E-state index contributed by atoms with van der Waals surface area (Å²) in [6.07, 6.45) is 4.98. The molecule has 1 atom stereocenters. The molecule has 6 heteroatoms. The molecule has 0 bridgehead atoms. The summed E-state index contributed by atoms with van der Waals surface area (Å²) in [6.45, 7) is 3.91. The molecule has 1 unspecified atom stereocenters. The van der Waals surface area contributed by atoms with Gasteiger partial charge in [-0.1, -0.05) is 20.3 Å². The van der Waals surface area contributed by atoms with Crippen LogP contribution in [-0.4, -0.2) is 19.4 Å². The molecule has 96 valence electrons. The molecule has 0 spiro atoms. The summed E-state index contributed by atoms with van der Waals surface area (Å²) < 4.78 is 26.5. The largest absolute Gasteiger partial charge is 0.366 e. The van der Waals surface area contributed by atoms with Gasteiger partial charge in [0.25, 0.3) is 0 Å². The Bertz CT molecular complexity index is 507. The summed E-state index contributed by atoms with van der Waals surface area (Å²) in [5.41, 5.74) is -0.498. The molecule has 1 rings (SSSR count). The lowest BCUT2D eigenvalue weighted by Gasteiger charge is -2.15. The van der Waals surface area contributed by atoms with Crippen LogP contribution < -0.4 is 10.2 Å². The second kappa shape index (κ2) is 5.97. The van der Waals surface area contributed by atoms with Crippen LogP contribution in [0.25, 0.3) is 0 Å². The van der Waals surface area contributed by atoms with E-state index in [-0.39, 0.29) is 10.9 Å². The van der Waals surface area contributed by atoms with Crippen LogP contribution in [0.3, 0.4) is 0 Å². The summed E-state index contributed by atoms with van der Waals surface area (Å²) in [5, 5.41) is 0. The first-order valence-corrected chi connectivity index (χ1v) is 7.19. The SMILES string of the molecule is CCCC(CC)NS(=O)(=O)c1c[nH]ccc1=O. The van der Waals surface area contributed by atoms with Gasteiger partial charge in [0.1, 0.15) is 4.90 Å². The summed E-state index contributed by atoms with van der Waals surface area (Å²) in [5.74, 6) is 0. The van der Waals surface area contributed by atoms with E-state index in [0.29, 0.717) is 6.42 Å². The molecule has 0 fully saturated rings. The molecule has 0 aromatic carbocycles. The van der Waals surface area contributed by atoms with Crippen molar-refractivity contribution in [3.05, 3.63) is 28.7 Å². The number of rotatable bonds is 6. The molecule has 0 aliphatic rings. The smallest absolute Gasteiger partial charge is 0.246 e. The van der Waals surface area contributed by atoms with Crippen molar-refractivity contribution in [2.45, 2.75) is 44.0 Å². The Hall–Kier alpha value is -1.14. The molecular formula is C11H18N2O3S. The Balaban J connectivity index is 2.97. The highest BCUT2D eigenvalue weighted by molar-refractivity contribution is 7.89. The van der Waals surface area contributed by atoms with Crippen molar-refractivity contribution >= 4 is 10.0 Å². The Kier molecular flexibility index (Phi) is 4.89. The molecule has 0 saturated heterocycles. The Morgan fingerprint density at radius 3 is 2.65 bits per heavy atom. The highest BCUT2D eigenvalue weighted by Gasteiger charge is 2.20. The van der Waals surface area contributed by atoms with Crippen molar-refractivity contribution in [1.29, 1.82) is 0 Å². The van der Waals surface area contributed by atoms with Gasteiger partial charge in [0.15, 0.2) is 0 Å².